The van der Waals surface area contributed by atoms with Crippen LogP contribution in [-0.2, 0) is 4.79 Å². The predicted molar refractivity (Wildman–Crippen MR) is 101 cm³/mol. The molecule has 26 heavy (non-hydrogen) atoms. The number of benzene rings is 1. The number of anilines is 3. The average molecular weight is 353 g/mol. The monoisotopic (exact) mass is 353 g/mol. The third-order valence-electron chi connectivity index (χ3n) is 4.31. The van der Waals surface area contributed by atoms with Crippen molar-refractivity contribution in [3.05, 3.63) is 42.4 Å². The van der Waals surface area contributed by atoms with Crippen LogP contribution in [0, 0.1) is 5.92 Å². The van der Waals surface area contributed by atoms with Crippen LogP contribution < -0.4 is 15.5 Å². The molecule has 7 heteroatoms. The second-order valence-electron chi connectivity index (χ2n) is 6.67. The quantitative estimate of drug-likeness (QED) is 0.882. The molecular weight excluding hydrogens is 330 g/mol. The van der Waals surface area contributed by atoms with Gasteiger partial charge in [-0.05, 0) is 43.0 Å². The Labute approximate surface area is 152 Å². The van der Waals surface area contributed by atoms with Gasteiger partial charge in [-0.1, -0.05) is 6.92 Å². The van der Waals surface area contributed by atoms with Crippen LogP contribution in [0.4, 0.5) is 17.2 Å². The summed E-state index contributed by atoms with van der Waals surface area (Å²) < 4.78 is 0. The van der Waals surface area contributed by atoms with E-state index in [1.54, 1.807) is 30.5 Å². The first-order chi connectivity index (χ1) is 12.5. The lowest BCUT2D eigenvalue weighted by Gasteiger charge is -2.31. The van der Waals surface area contributed by atoms with Crippen molar-refractivity contribution in [2.75, 3.05) is 28.6 Å². The molecule has 0 spiro atoms. The lowest BCUT2D eigenvalue weighted by molar-refractivity contribution is -0.114. The number of hydrogen-bond acceptors (Lipinski definition) is 5. The number of carbonyl (C=O) groups excluding carboxylic acids is 2. The SMILES string of the molecule is CC(=O)Nc1ccc(NC(=O)c2cnc(N3CCCC(C)C3)cn2)cc1. The molecule has 0 saturated carbocycles. The lowest BCUT2D eigenvalue weighted by atomic mass is 10.0. The van der Waals surface area contributed by atoms with Gasteiger partial charge in [-0.3, -0.25) is 9.59 Å². The fourth-order valence-electron chi connectivity index (χ4n) is 3.03. The van der Waals surface area contributed by atoms with E-state index in [1.807, 2.05) is 0 Å². The topological polar surface area (TPSA) is 87.2 Å². The standard InChI is InChI=1S/C19H23N5O2/c1-13-4-3-9-24(12-13)18-11-20-17(10-21-18)19(26)23-16-7-5-15(6-8-16)22-14(2)25/h5-8,10-11,13H,3-4,9,12H2,1-2H3,(H,22,25)(H,23,26). The van der Waals surface area contributed by atoms with Gasteiger partial charge in [-0.25, -0.2) is 9.97 Å². The van der Waals surface area contributed by atoms with Gasteiger partial charge in [0.25, 0.3) is 5.91 Å². The van der Waals surface area contributed by atoms with E-state index in [-0.39, 0.29) is 17.5 Å². The van der Waals surface area contributed by atoms with E-state index < -0.39 is 0 Å². The number of hydrogen-bond donors (Lipinski definition) is 2. The van der Waals surface area contributed by atoms with E-state index in [1.165, 1.54) is 19.5 Å². The number of carbonyl (C=O) groups is 2. The number of amides is 2. The molecule has 2 aromatic rings. The van der Waals surface area contributed by atoms with Gasteiger partial charge in [0, 0.05) is 31.4 Å². The number of piperidine rings is 1. The molecule has 1 aromatic carbocycles. The first-order valence-electron chi connectivity index (χ1n) is 8.77. The van der Waals surface area contributed by atoms with Crippen LogP contribution in [0.5, 0.6) is 0 Å². The Morgan fingerprint density at radius 1 is 1.08 bits per heavy atom. The second-order valence-corrected chi connectivity index (χ2v) is 6.67. The molecule has 0 bridgehead atoms. The zero-order chi connectivity index (χ0) is 18.5. The maximum atomic E-state index is 12.3. The van der Waals surface area contributed by atoms with Crippen molar-refractivity contribution in [1.82, 2.24) is 9.97 Å². The molecule has 0 aliphatic carbocycles. The normalized spacial score (nSPS) is 16.8. The minimum absolute atomic E-state index is 0.139. The highest BCUT2D eigenvalue weighted by molar-refractivity contribution is 6.02. The van der Waals surface area contributed by atoms with Gasteiger partial charge >= 0.3 is 0 Å². The summed E-state index contributed by atoms with van der Waals surface area (Å²) in [5.74, 6) is 1.00. The van der Waals surface area contributed by atoms with Gasteiger partial charge in [0.15, 0.2) is 0 Å². The summed E-state index contributed by atoms with van der Waals surface area (Å²) in [7, 11) is 0. The molecule has 0 radical (unpaired) electrons. The Balaban J connectivity index is 1.62. The number of aromatic nitrogens is 2. The molecular formula is C19H23N5O2. The Hall–Kier alpha value is -2.96. The first-order valence-corrected chi connectivity index (χ1v) is 8.77. The Morgan fingerprint density at radius 2 is 1.77 bits per heavy atom. The maximum Gasteiger partial charge on any atom is 0.275 e. The summed E-state index contributed by atoms with van der Waals surface area (Å²) in [5, 5.41) is 5.46. The average Bonchev–Trinajstić information content (AvgIpc) is 2.63. The zero-order valence-electron chi connectivity index (χ0n) is 15.0. The zero-order valence-corrected chi connectivity index (χ0v) is 15.0. The molecule has 7 nitrogen and oxygen atoms in total. The summed E-state index contributed by atoms with van der Waals surface area (Å²) in [6.45, 7) is 5.63. The van der Waals surface area contributed by atoms with Crippen LogP contribution in [0.1, 0.15) is 37.2 Å². The van der Waals surface area contributed by atoms with Crippen LogP contribution in [0.3, 0.4) is 0 Å². The minimum Gasteiger partial charge on any atom is -0.355 e. The summed E-state index contributed by atoms with van der Waals surface area (Å²) >= 11 is 0. The molecule has 1 aromatic heterocycles. The number of rotatable bonds is 4. The molecule has 2 amide bonds. The smallest absolute Gasteiger partial charge is 0.275 e. The third kappa shape index (κ3) is 4.56. The highest BCUT2D eigenvalue weighted by atomic mass is 16.2. The van der Waals surface area contributed by atoms with E-state index in [0.29, 0.717) is 17.3 Å². The lowest BCUT2D eigenvalue weighted by Crippen LogP contribution is -2.35. The number of nitrogens with zero attached hydrogens (tertiary/aromatic N) is 3. The summed E-state index contributed by atoms with van der Waals surface area (Å²) in [6.07, 6.45) is 5.56. The minimum atomic E-state index is -0.316. The van der Waals surface area contributed by atoms with Crippen molar-refractivity contribution in [2.24, 2.45) is 5.92 Å². The molecule has 1 saturated heterocycles. The predicted octanol–water partition coefficient (Wildman–Crippen LogP) is 2.92. The van der Waals surface area contributed by atoms with Crippen molar-refractivity contribution in [3.8, 4) is 0 Å². The van der Waals surface area contributed by atoms with E-state index in [2.05, 4.69) is 32.4 Å². The molecule has 1 atom stereocenters. The van der Waals surface area contributed by atoms with E-state index in [0.717, 1.165) is 25.3 Å². The highest BCUT2D eigenvalue weighted by Crippen LogP contribution is 2.20. The van der Waals surface area contributed by atoms with Gasteiger partial charge in [0.2, 0.25) is 5.91 Å². The Kier molecular flexibility index (Phi) is 5.46. The van der Waals surface area contributed by atoms with Crippen LogP contribution in [0.15, 0.2) is 36.7 Å². The number of nitrogens with one attached hydrogen (secondary N) is 2. The summed E-state index contributed by atoms with van der Waals surface area (Å²) in [6, 6.07) is 6.90. The van der Waals surface area contributed by atoms with Crippen molar-refractivity contribution < 1.29 is 9.59 Å². The molecule has 1 aliphatic rings. The van der Waals surface area contributed by atoms with Crippen molar-refractivity contribution in [2.45, 2.75) is 26.7 Å². The molecule has 1 fully saturated rings. The molecule has 2 heterocycles. The van der Waals surface area contributed by atoms with Crippen LogP contribution >= 0.6 is 0 Å². The highest BCUT2D eigenvalue weighted by Gasteiger charge is 2.18. The van der Waals surface area contributed by atoms with Gasteiger partial charge in [0.05, 0.1) is 12.4 Å². The van der Waals surface area contributed by atoms with Crippen molar-refractivity contribution >= 4 is 29.0 Å². The summed E-state index contributed by atoms with van der Waals surface area (Å²) in [5.41, 5.74) is 1.57. The first kappa shape index (κ1) is 17.8. The Bertz CT molecular complexity index is 774. The maximum absolute atomic E-state index is 12.3. The van der Waals surface area contributed by atoms with Crippen molar-refractivity contribution in [3.63, 3.8) is 0 Å². The molecule has 1 unspecified atom stereocenters. The third-order valence-corrected chi connectivity index (χ3v) is 4.31. The van der Waals surface area contributed by atoms with E-state index in [9.17, 15) is 9.59 Å². The fourth-order valence-corrected chi connectivity index (χ4v) is 3.03. The fraction of sp³-hybridized carbons (Fsp3) is 0.368. The van der Waals surface area contributed by atoms with Crippen LogP contribution in [0.2, 0.25) is 0 Å². The molecule has 1 aliphatic heterocycles. The van der Waals surface area contributed by atoms with Crippen LogP contribution in [0.25, 0.3) is 0 Å². The van der Waals surface area contributed by atoms with Gasteiger partial charge in [-0.15, -0.1) is 0 Å². The van der Waals surface area contributed by atoms with Crippen LogP contribution in [-0.4, -0.2) is 34.9 Å². The van der Waals surface area contributed by atoms with E-state index >= 15 is 0 Å². The summed E-state index contributed by atoms with van der Waals surface area (Å²) in [4.78, 5) is 34.2. The molecule has 2 N–H and O–H groups in total. The molecule has 3 rings (SSSR count). The Morgan fingerprint density at radius 3 is 2.35 bits per heavy atom. The van der Waals surface area contributed by atoms with Gasteiger partial charge in [-0.2, -0.15) is 0 Å². The van der Waals surface area contributed by atoms with E-state index in [4.69, 9.17) is 0 Å². The largest absolute Gasteiger partial charge is 0.355 e. The van der Waals surface area contributed by atoms with Gasteiger partial charge < -0.3 is 15.5 Å². The second kappa shape index (κ2) is 7.95. The van der Waals surface area contributed by atoms with Gasteiger partial charge in [0.1, 0.15) is 11.5 Å². The van der Waals surface area contributed by atoms with Crippen molar-refractivity contribution in [1.29, 1.82) is 0 Å². The molecule has 136 valence electrons.